The van der Waals surface area contributed by atoms with Gasteiger partial charge >= 0.3 is 0 Å². The molecule has 21 heavy (non-hydrogen) atoms. The normalized spacial score (nSPS) is 17.6. The van der Waals surface area contributed by atoms with Crippen LogP contribution >= 0.6 is 23.1 Å². The van der Waals surface area contributed by atoms with E-state index >= 15 is 0 Å². The SMILES string of the molecule is CC1CC(=O)c2c(SC(N)=O)ccc(-c3nccs3)c2C1. The summed E-state index contributed by atoms with van der Waals surface area (Å²) in [5.74, 6) is 0.392. The number of rotatable bonds is 2. The molecule has 1 aliphatic carbocycles. The molecule has 108 valence electrons. The summed E-state index contributed by atoms with van der Waals surface area (Å²) in [6.07, 6.45) is 3.09. The van der Waals surface area contributed by atoms with Crippen LogP contribution in [0.2, 0.25) is 0 Å². The van der Waals surface area contributed by atoms with Crippen molar-refractivity contribution in [1.29, 1.82) is 0 Å². The highest BCUT2D eigenvalue weighted by Gasteiger charge is 2.28. The molecule has 1 aliphatic rings. The maximum absolute atomic E-state index is 12.4. The number of thiazole rings is 1. The first-order chi connectivity index (χ1) is 10.1. The number of carbonyl (C=O) groups excluding carboxylic acids is 2. The Morgan fingerprint density at radius 2 is 2.24 bits per heavy atom. The number of thioether (sulfide) groups is 1. The van der Waals surface area contributed by atoms with Crippen molar-refractivity contribution in [2.45, 2.75) is 24.7 Å². The van der Waals surface area contributed by atoms with E-state index in [-0.39, 0.29) is 5.78 Å². The second-order valence-electron chi connectivity index (χ2n) is 5.16. The highest BCUT2D eigenvalue weighted by atomic mass is 32.2. The van der Waals surface area contributed by atoms with Crippen LogP contribution in [0.15, 0.2) is 28.6 Å². The van der Waals surface area contributed by atoms with Crippen LogP contribution in [-0.2, 0) is 6.42 Å². The molecule has 0 saturated carbocycles. The minimum atomic E-state index is -0.495. The highest BCUT2D eigenvalue weighted by Crippen LogP contribution is 2.39. The number of ketones is 1. The van der Waals surface area contributed by atoms with Gasteiger partial charge in [0.25, 0.3) is 5.24 Å². The van der Waals surface area contributed by atoms with Gasteiger partial charge in [0, 0.05) is 34.0 Å². The zero-order valence-electron chi connectivity index (χ0n) is 11.5. The quantitative estimate of drug-likeness (QED) is 0.856. The van der Waals surface area contributed by atoms with Gasteiger partial charge in [-0.1, -0.05) is 13.0 Å². The summed E-state index contributed by atoms with van der Waals surface area (Å²) < 4.78 is 0. The zero-order chi connectivity index (χ0) is 15.0. The summed E-state index contributed by atoms with van der Waals surface area (Å²) >= 11 is 2.48. The molecule has 1 amide bonds. The van der Waals surface area contributed by atoms with Gasteiger partial charge in [-0.15, -0.1) is 11.3 Å². The molecule has 1 heterocycles. The summed E-state index contributed by atoms with van der Waals surface area (Å²) in [6, 6.07) is 3.74. The highest BCUT2D eigenvalue weighted by molar-refractivity contribution is 8.13. The van der Waals surface area contributed by atoms with Crippen molar-refractivity contribution in [3.05, 3.63) is 34.8 Å². The van der Waals surface area contributed by atoms with Crippen LogP contribution in [0.3, 0.4) is 0 Å². The predicted octanol–water partition coefficient (Wildman–Crippen LogP) is 3.75. The lowest BCUT2D eigenvalue weighted by Crippen LogP contribution is -2.20. The molecular weight excluding hydrogens is 304 g/mol. The monoisotopic (exact) mass is 318 g/mol. The molecule has 4 nitrogen and oxygen atoms in total. The Hall–Kier alpha value is -1.66. The molecule has 3 rings (SSSR count). The van der Waals surface area contributed by atoms with E-state index in [9.17, 15) is 9.59 Å². The molecule has 0 saturated heterocycles. The number of hydrogen-bond acceptors (Lipinski definition) is 5. The first-order valence-corrected chi connectivity index (χ1v) is 8.32. The van der Waals surface area contributed by atoms with Crippen LogP contribution in [0, 0.1) is 5.92 Å². The van der Waals surface area contributed by atoms with Crippen molar-refractivity contribution < 1.29 is 9.59 Å². The van der Waals surface area contributed by atoms with Gasteiger partial charge < -0.3 is 5.73 Å². The Morgan fingerprint density at radius 3 is 2.90 bits per heavy atom. The number of aromatic nitrogens is 1. The summed E-state index contributed by atoms with van der Waals surface area (Å²) in [5.41, 5.74) is 7.92. The molecule has 0 spiro atoms. The molecule has 0 bridgehead atoms. The van der Waals surface area contributed by atoms with Crippen LogP contribution in [0.1, 0.15) is 29.3 Å². The Kier molecular flexibility index (Phi) is 3.82. The van der Waals surface area contributed by atoms with Crippen LogP contribution in [0.5, 0.6) is 0 Å². The van der Waals surface area contributed by atoms with E-state index in [1.165, 1.54) is 0 Å². The number of primary amides is 1. The minimum absolute atomic E-state index is 0.0888. The summed E-state index contributed by atoms with van der Waals surface area (Å²) in [6.45, 7) is 2.07. The topological polar surface area (TPSA) is 73.1 Å². The number of Topliss-reactive ketones (excluding diaryl/α,β-unsaturated/α-hetero) is 1. The Bertz CT molecular complexity index is 711. The van der Waals surface area contributed by atoms with E-state index < -0.39 is 5.24 Å². The van der Waals surface area contributed by atoms with Crippen molar-refractivity contribution in [3.63, 3.8) is 0 Å². The molecule has 2 N–H and O–H groups in total. The van der Waals surface area contributed by atoms with E-state index in [0.717, 1.165) is 34.3 Å². The molecule has 0 radical (unpaired) electrons. The van der Waals surface area contributed by atoms with E-state index in [4.69, 9.17) is 5.73 Å². The number of nitrogens with zero attached hydrogens (tertiary/aromatic N) is 1. The average molecular weight is 318 g/mol. The summed E-state index contributed by atoms with van der Waals surface area (Å²) in [7, 11) is 0. The van der Waals surface area contributed by atoms with Gasteiger partial charge in [-0.3, -0.25) is 9.59 Å². The van der Waals surface area contributed by atoms with Crippen LogP contribution in [0.4, 0.5) is 4.79 Å². The number of carbonyl (C=O) groups is 2. The van der Waals surface area contributed by atoms with Crippen LogP contribution in [-0.4, -0.2) is 16.0 Å². The molecule has 0 aliphatic heterocycles. The number of amides is 1. The van der Waals surface area contributed by atoms with Gasteiger partial charge in [-0.25, -0.2) is 4.98 Å². The van der Waals surface area contributed by atoms with Gasteiger partial charge in [0.15, 0.2) is 5.78 Å². The van der Waals surface area contributed by atoms with Gasteiger partial charge in [-0.2, -0.15) is 0 Å². The second-order valence-corrected chi connectivity index (χ2v) is 7.10. The molecule has 2 aromatic rings. The van der Waals surface area contributed by atoms with E-state index in [2.05, 4.69) is 11.9 Å². The van der Waals surface area contributed by atoms with Crippen molar-refractivity contribution >= 4 is 34.1 Å². The lowest BCUT2D eigenvalue weighted by atomic mass is 9.82. The zero-order valence-corrected chi connectivity index (χ0v) is 13.1. The van der Waals surface area contributed by atoms with Gasteiger partial charge in [0.05, 0.1) is 0 Å². The number of hydrogen-bond donors (Lipinski definition) is 1. The van der Waals surface area contributed by atoms with Crippen molar-refractivity contribution in [2.24, 2.45) is 11.7 Å². The minimum Gasteiger partial charge on any atom is -0.360 e. The first-order valence-electron chi connectivity index (χ1n) is 6.62. The Morgan fingerprint density at radius 1 is 1.43 bits per heavy atom. The third-order valence-corrected chi connectivity index (χ3v) is 5.08. The molecule has 6 heteroatoms. The van der Waals surface area contributed by atoms with Crippen molar-refractivity contribution in [3.8, 4) is 10.6 Å². The summed E-state index contributed by atoms with van der Waals surface area (Å²) in [4.78, 5) is 28.6. The maximum atomic E-state index is 12.4. The largest absolute Gasteiger partial charge is 0.360 e. The molecule has 1 unspecified atom stereocenters. The number of fused-ring (bicyclic) bond motifs is 1. The van der Waals surface area contributed by atoms with Crippen LogP contribution < -0.4 is 5.73 Å². The maximum Gasteiger partial charge on any atom is 0.281 e. The third-order valence-electron chi connectivity index (χ3n) is 3.51. The van der Waals surface area contributed by atoms with Crippen LogP contribution in [0.25, 0.3) is 10.6 Å². The fraction of sp³-hybridized carbons (Fsp3) is 0.267. The van der Waals surface area contributed by atoms with E-state index in [0.29, 0.717) is 22.8 Å². The molecule has 1 aromatic heterocycles. The fourth-order valence-electron chi connectivity index (χ4n) is 2.73. The number of benzene rings is 1. The molecule has 1 atom stereocenters. The molecular formula is C15H14N2O2S2. The third kappa shape index (κ3) is 2.73. The first kappa shape index (κ1) is 14.3. The van der Waals surface area contributed by atoms with E-state index in [1.54, 1.807) is 23.6 Å². The lowest BCUT2D eigenvalue weighted by Gasteiger charge is -2.24. The predicted molar refractivity (Wildman–Crippen MR) is 84.8 cm³/mol. The van der Waals surface area contributed by atoms with Crippen molar-refractivity contribution in [1.82, 2.24) is 4.98 Å². The molecule has 0 fully saturated rings. The molecule has 1 aromatic carbocycles. The summed E-state index contributed by atoms with van der Waals surface area (Å²) in [5, 5.41) is 2.33. The lowest BCUT2D eigenvalue weighted by molar-refractivity contribution is 0.0950. The average Bonchev–Trinajstić information content (AvgIpc) is 2.91. The van der Waals surface area contributed by atoms with Gasteiger partial charge in [-0.05, 0) is 35.7 Å². The fourth-order valence-corrected chi connectivity index (χ4v) is 4.12. The standard InChI is InChI=1S/C15H14N2O2S2/c1-8-6-10-9(14-17-4-5-20-14)2-3-12(21-15(16)19)13(10)11(18)7-8/h2-5,8H,6-7H2,1H3,(H2,16,19). The Labute approximate surface area is 130 Å². The van der Waals surface area contributed by atoms with Crippen molar-refractivity contribution in [2.75, 3.05) is 0 Å². The second kappa shape index (κ2) is 5.61. The smallest absolute Gasteiger partial charge is 0.281 e. The van der Waals surface area contributed by atoms with E-state index in [1.807, 2.05) is 11.4 Å². The van der Waals surface area contributed by atoms with Gasteiger partial charge in [0.1, 0.15) is 5.01 Å². The van der Waals surface area contributed by atoms with Gasteiger partial charge in [0.2, 0.25) is 0 Å². The number of nitrogens with two attached hydrogens (primary N) is 1. The Balaban J connectivity index is 2.20.